The second-order valence-corrected chi connectivity index (χ2v) is 7.87. The number of aromatic nitrogens is 3. The third-order valence-electron chi connectivity index (χ3n) is 5.75. The molecule has 2 aliphatic rings. The minimum Gasteiger partial charge on any atom is -0.454 e. The van der Waals surface area contributed by atoms with Gasteiger partial charge in [-0.3, -0.25) is 4.90 Å². The molecule has 0 saturated carbocycles. The van der Waals surface area contributed by atoms with Crippen LogP contribution in [-0.4, -0.2) is 39.4 Å². The SMILES string of the molecule is Cc1cc2nc([C@H]3CCCN(Cc4cc5c(cc4C)OCO5)C3)cc(N)n2n1. The number of fused-ring (bicyclic) bond motifs is 2. The van der Waals surface area contributed by atoms with E-state index in [-0.39, 0.29) is 0 Å². The summed E-state index contributed by atoms with van der Waals surface area (Å²) in [5.41, 5.74) is 11.6. The van der Waals surface area contributed by atoms with Gasteiger partial charge in [-0.1, -0.05) is 0 Å². The fourth-order valence-corrected chi connectivity index (χ4v) is 4.28. The van der Waals surface area contributed by atoms with Crippen molar-refractivity contribution in [2.24, 2.45) is 0 Å². The molecule has 3 aromatic rings. The topological polar surface area (TPSA) is 77.9 Å². The highest BCUT2D eigenvalue weighted by Gasteiger charge is 2.25. The van der Waals surface area contributed by atoms with E-state index in [1.165, 1.54) is 11.1 Å². The van der Waals surface area contributed by atoms with Crippen LogP contribution < -0.4 is 15.2 Å². The van der Waals surface area contributed by atoms with Crippen molar-refractivity contribution in [3.8, 4) is 11.5 Å². The molecule has 0 bridgehead atoms. The lowest BCUT2D eigenvalue weighted by molar-refractivity contribution is 0.173. The monoisotopic (exact) mass is 379 g/mol. The van der Waals surface area contributed by atoms with Gasteiger partial charge in [0.15, 0.2) is 17.1 Å². The van der Waals surface area contributed by atoms with Crippen LogP contribution in [0.2, 0.25) is 0 Å². The zero-order chi connectivity index (χ0) is 19.3. The number of likely N-dealkylation sites (tertiary alicyclic amines) is 1. The molecule has 2 aromatic heterocycles. The van der Waals surface area contributed by atoms with Gasteiger partial charge in [-0.25, -0.2) is 4.98 Å². The number of hydrogen-bond acceptors (Lipinski definition) is 6. The number of aryl methyl sites for hydroxylation is 2. The first-order chi connectivity index (χ1) is 13.6. The van der Waals surface area contributed by atoms with Gasteiger partial charge in [0.25, 0.3) is 0 Å². The van der Waals surface area contributed by atoms with Crippen molar-refractivity contribution in [3.63, 3.8) is 0 Å². The molecule has 5 rings (SSSR count). The van der Waals surface area contributed by atoms with E-state index >= 15 is 0 Å². The molecule has 1 fully saturated rings. The molecule has 28 heavy (non-hydrogen) atoms. The molecule has 0 radical (unpaired) electrons. The zero-order valence-electron chi connectivity index (χ0n) is 16.3. The molecule has 1 saturated heterocycles. The van der Waals surface area contributed by atoms with Gasteiger partial charge in [-0.05, 0) is 56.5 Å². The Balaban J connectivity index is 1.37. The molecule has 0 amide bonds. The van der Waals surface area contributed by atoms with Gasteiger partial charge in [0.05, 0.1) is 11.4 Å². The summed E-state index contributed by atoms with van der Waals surface area (Å²) in [6.45, 7) is 7.38. The average Bonchev–Trinajstić information content (AvgIpc) is 3.27. The van der Waals surface area contributed by atoms with Crippen LogP contribution in [0.4, 0.5) is 5.82 Å². The average molecular weight is 379 g/mol. The van der Waals surface area contributed by atoms with Crippen LogP contribution in [0.5, 0.6) is 11.5 Å². The van der Waals surface area contributed by atoms with E-state index in [2.05, 4.69) is 29.1 Å². The predicted molar refractivity (Wildman–Crippen MR) is 107 cm³/mol. The van der Waals surface area contributed by atoms with E-state index in [0.717, 1.165) is 61.0 Å². The van der Waals surface area contributed by atoms with E-state index in [1.54, 1.807) is 4.52 Å². The fourth-order valence-electron chi connectivity index (χ4n) is 4.28. The molecule has 0 aliphatic carbocycles. The van der Waals surface area contributed by atoms with Crippen molar-refractivity contribution in [2.75, 3.05) is 25.6 Å². The largest absolute Gasteiger partial charge is 0.454 e. The van der Waals surface area contributed by atoms with Gasteiger partial charge in [0, 0.05) is 31.1 Å². The molecule has 1 aromatic carbocycles. The predicted octanol–water partition coefficient (Wildman–Crippen LogP) is 3.04. The van der Waals surface area contributed by atoms with Crippen LogP contribution in [0.15, 0.2) is 24.3 Å². The molecule has 2 N–H and O–H groups in total. The molecule has 7 heteroatoms. The van der Waals surface area contributed by atoms with Crippen molar-refractivity contribution < 1.29 is 9.47 Å². The van der Waals surface area contributed by atoms with Crippen LogP contribution >= 0.6 is 0 Å². The molecule has 2 aliphatic heterocycles. The Morgan fingerprint density at radius 1 is 1.14 bits per heavy atom. The Morgan fingerprint density at radius 3 is 2.82 bits per heavy atom. The van der Waals surface area contributed by atoms with Gasteiger partial charge >= 0.3 is 0 Å². The minimum absolute atomic E-state index is 0.313. The number of anilines is 1. The van der Waals surface area contributed by atoms with Crippen molar-refractivity contribution in [3.05, 3.63) is 46.8 Å². The van der Waals surface area contributed by atoms with Crippen LogP contribution in [0.25, 0.3) is 5.65 Å². The zero-order valence-corrected chi connectivity index (χ0v) is 16.3. The molecule has 4 heterocycles. The number of nitrogens with zero attached hydrogens (tertiary/aromatic N) is 4. The molecule has 0 spiro atoms. The standard InChI is InChI=1S/C21H25N5O2/c1-13-6-18-19(28-12-27-18)8-16(13)11-25-5-3-4-15(10-25)17-9-20(22)26-21(23-17)7-14(2)24-26/h6-9,15H,3-5,10-12,22H2,1-2H3/t15-/m0/s1. The number of nitrogens with two attached hydrogens (primary N) is 1. The molecule has 0 unspecified atom stereocenters. The number of benzene rings is 1. The minimum atomic E-state index is 0.313. The Kier molecular flexibility index (Phi) is 4.12. The highest BCUT2D eigenvalue weighted by molar-refractivity contribution is 5.49. The van der Waals surface area contributed by atoms with E-state index in [4.69, 9.17) is 20.2 Å². The lowest BCUT2D eigenvalue weighted by Crippen LogP contribution is -2.34. The third-order valence-corrected chi connectivity index (χ3v) is 5.75. The first kappa shape index (κ1) is 17.3. The first-order valence-corrected chi connectivity index (χ1v) is 9.81. The van der Waals surface area contributed by atoms with Gasteiger partial charge < -0.3 is 15.2 Å². The van der Waals surface area contributed by atoms with E-state index < -0.39 is 0 Å². The number of rotatable bonds is 3. The van der Waals surface area contributed by atoms with E-state index in [9.17, 15) is 0 Å². The normalized spacial score (nSPS) is 19.4. The molecule has 1 atom stereocenters. The van der Waals surface area contributed by atoms with Gasteiger partial charge in [-0.2, -0.15) is 9.61 Å². The van der Waals surface area contributed by atoms with E-state index in [1.807, 2.05) is 19.1 Å². The van der Waals surface area contributed by atoms with E-state index in [0.29, 0.717) is 18.5 Å². The maximum atomic E-state index is 6.23. The highest BCUT2D eigenvalue weighted by Crippen LogP contribution is 2.36. The van der Waals surface area contributed by atoms with Crippen molar-refractivity contribution >= 4 is 11.5 Å². The van der Waals surface area contributed by atoms with Crippen LogP contribution in [0.1, 0.15) is 41.3 Å². The molecular formula is C21H25N5O2. The molecule has 7 nitrogen and oxygen atoms in total. The van der Waals surface area contributed by atoms with Crippen LogP contribution in [0, 0.1) is 13.8 Å². The summed E-state index contributed by atoms with van der Waals surface area (Å²) >= 11 is 0. The fraction of sp³-hybridized carbons (Fsp3) is 0.429. The summed E-state index contributed by atoms with van der Waals surface area (Å²) in [6, 6.07) is 8.17. The quantitative estimate of drug-likeness (QED) is 0.754. The van der Waals surface area contributed by atoms with Crippen molar-refractivity contribution in [1.82, 2.24) is 19.5 Å². The summed E-state index contributed by atoms with van der Waals surface area (Å²) in [4.78, 5) is 7.35. The van der Waals surface area contributed by atoms with Crippen molar-refractivity contribution in [2.45, 2.75) is 39.2 Å². The second kappa shape index (κ2) is 6.67. The van der Waals surface area contributed by atoms with Gasteiger partial charge in [0.1, 0.15) is 5.82 Å². The second-order valence-electron chi connectivity index (χ2n) is 7.87. The van der Waals surface area contributed by atoms with Crippen LogP contribution in [0.3, 0.4) is 0 Å². The highest BCUT2D eigenvalue weighted by atomic mass is 16.7. The lowest BCUT2D eigenvalue weighted by Gasteiger charge is -2.33. The Labute approximate surface area is 164 Å². The number of nitrogen functional groups attached to an aromatic ring is 1. The summed E-state index contributed by atoms with van der Waals surface area (Å²) in [5, 5.41) is 4.40. The number of ether oxygens (including phenoxy) is 2. The third kappa shape index (κ3) is 3.05. The van der Waals surface area contributed by atoms with Gasteiger partial charge in [0.2, 0.25) is 6.79 Å². The smallest absolute Gasteiger partial charge is 0.231 e. The molecular weight excluding hydrogens is 354 g/mol. The Bertz CT molecular complexity index is 1040. The van der Waals surface area contributed by atoms with Gasteiger partial charge in [-0.15, -0.1) is 0 Å². The lowest BCUT2D eigenvalue weighted by atomic mass is 9.93. The number of piperidine rings is 1. The Hall–Kier alpha value is -2.80. The first-order valence-electron chi connectivity index (χ1n) is 9.81. The van der Waals surface area contributed by atoms with Crippen molar-refractivity contribution in [1.29, 1.82) is 0 Å². The molecule has 146 valence electrons. The summed E-state index contributed by atoms with van der Waals surface area (Å²) in [5.74, 6) is 2.73. The maximum Gasteiger partial charge on any atom is 0.231 e. The summed E-state index contributed by atoms with van der Waals surface area (Å²) in [7, 11) is 0. The number of hydrogen-bond donors (Lipinski definition) is 1. The Morgan fingerprint density at radius 2 is 1.96 bits per heavy atom. The van der Waals surface area contributed by atoms with Crippen LogP contribution in [-0.2, 0) is 6.54 Å². The summed E-state index contributed by atoms with van der Waals surface area (Å²) in [6.07, 6.45) is 2.28. The summed E-state index contributed by atoms with van der Waals surface area (Å²) < 4.78 is 12.8. The maximum absolute atomic E-state index is 6.23.